The number of anilines is 1. The Morgan fingerprint density at radius 1 is 1.41 bits per heavy atom. The summed E-state index contributed by atoms with van der Waals surface area (Å²) in [7, 11) is 3.68. The minimum Gasteiger partial charge on any atom is -0.370 e. The van der Waals surface area contributed by atoms with Crippen molar-refractivity contribution in [2.45, 2.75) is 18.4 Å². The molecule has 1 N–H and O–H groups in total. The molecule has 0 aromatic carbocycles. The van der Waals surface area contributed by atoms with Gasteiger partial charge in [-0.25, -0.2) is 9.78 Å². The molecule has 0 saturated carbocycles. The van der Waals surface area contributed by atoms with Crippen LogP contribution in [0.25, 0.3) is 0 Å². The summed E-state index contributed by atoms with van der Waals surface area (Å²) in [6.45, 7) is 1.43. The second-order valence-corrected chi connectivity index (χ2v) is 5.85. The maximum Gasteiger partial charge on any atom is 0.348 e. The minimum atomic E-state index is -0.435. The number of aromatic nitrogens is 4. The third-order valence-electron chi connectivity index (χ3n) is 4.21. The van der Waals surface area contributed by atoms with Crippen LogP contribution in [0.3, 0.4) is 0 Å². The van der Waals surface area contributed by atoms with Gasteiger partial charge in [0.05, 0.1) is 0 Å². The van der Waals surface area contributed by atoms with Crippen molar-refractivity contribution in [3.63, 3.8) is 0 Å². The Hall–Kier alpha value is -1.86. The first-order chi connectivity index (χ1) is 10.5. The van der Waals surface area contributed by atoms with Crippen molar-refractivity contribution in [2.75, 3.05) is 25.1 Å². The molecule has 0 radical (unpaired) electrons. The molecule has 2 aromatic heterocycles. The van der Waals surface area contributed by atoms with Gasteiger partial charge in [0.2, 0.25) is 0 Å². The number of nitrogens with zero attached hydrogens (tertiary/aromatic N) is 4. The number of piperidine rings is 1. The van der Waals surface area contributed by atoms with Gasteiger partial charge in [0.25, 0.3) is 0 Å². The Balaban J connectivity index is 1.82. The lowest BCUT2D eigenvalue weighted by Crippen LogP contribution is -2.45. The first-order valence-corrected chi connectivity index (χ1v) is 7.47. The van der Waals surface area contributed by atoms with Crippen LogP contribution in [0.2, 0.25) is 5.15 Å². The van der Waals surface area contributed by atoms with Crippen molar-refractivity contribution in [1.82, 2.24) is 19.5 Å². The Morgan fingerprint density at radius 3 is 2.68 bits per heavy atom. The molecular formula is C14H18ClN5O2. The summed E-state index contributed by atoms with van der Waals surface area (Å²) in [5.74, 6) is 1.52. The predicted molar refractivity (Wildman–Crippen MR) is 83.2 cm³/mol. The van der Waals surface area contributed by atoms with E-state index < -0.39 is 11.3 Å². The molecule has 0 atom stereocenters. The van der Waals surface area contributed by atoms with Gasteiger partial charge in [0.1, 0.15) is 22.4 Å². The molecule has 1 fully saturated rings. The highest BCUT2D eigenvalue weighted by Crippen LogP contribution is 2.36. The van der Waals surface area contributed by atoms with E-state index in [1.807, 2.05) is 22.7 Å². The second kappa shape index (κ2) is 5.73. The van der Waals surface area contributed by atoms with E-state index in [4.69, 9.17) is 16.3 Å². The van der Waals surface area contributed by atoms with E-state index in [1.165, 1.54) is 0 Å². The van der Waals surface area contributed by atoms with Crippen LogP contribution in [0.15, 0.2) is 23.3 Å². The number of rotatable bonds is 3. The third kappa shape index (κ3) is 2.62. The number of hydrogen-bond donors (Lipinski definition) is 1. The Morgan fingerprint density at radius 2 is 2.14 bits per heavy atom. The van der Waals surface area contributed by atoms with Gasteiger partial charge < -0.3 is 14.2 Å². The molecule has 1 aliphatic rings. The van der Waals surface area contributed by atoms with Crippen molar-refractivity contribution in [3.05, 3.63) is 39.9 Å². The summed E-state index contributed by atoms with van der Waals surface area (Å²) in [4.78, 5) is 24.4. The van der Waals surface area contributed by atoms with Crippen molar-refractivity contribution in [1.29, 1.82) is 0 Å². The number of hydrogen-bond acceptors (Lipinski definition) is 5. The van der Waals surface area contributed by atoms with Gasteiger partial charge in [0.15, 0.2) is 0 Å². The van der Waals surface area contributed by atoms with Crippen molar-refractivity contribution in [3.8, 4) is 0 Å². The van der Waals surface area contributed by atoms with Crippen LogP contribution in [0.1, 0.15) is 18.7 Å². The fourth-order valence-electron chi connectivity index (χ4n) is 3.00. The number of aryl methyl sites for hydroxylation is 1. The number of halogens is 1. The lowest BCUT2D eigenvalue weighted by Gasteiger charge is -2.40. The molecule has 0 spiro atoms. The number of H-pyrrole nitrogens is 1. The molecule has 22 heavy (non-hydrogen) atoms. The summed E-state index contributed by atoms with van der Waals surface area (Å²) in [5.41, 5.74) is -0.838. The second-order valence-electron chi connectivity index (χ2n) is 5.44. The van der Waals surface area contributed by atoms with E-state index >= 15 is 0 Å². The van der Waals surface area contributed by atoms with E-state index in [0.717, 1.165) is 18.7 Å². The summed E-state index contributed by atoms with van der Waals surface area (Å²) < 4.78 is 7.80. The zero-order valence-electron chi connectivity index (χ0n) is 12.5. The molecule has 0 unspecified atom stereocenters. The molecule has 3 rings (SSSR count). The topological polar surface area (TPSA) is 76.0 Å². The fourth-order valence-corrected chi connectivity index (χ4v) is 3.18. The van der Waals surface area contributed by atoms with Gasteiger partial charge in [-0.1, -0.05) is 11.6 Å². The van der Waals surface area contributed by atoms with Crippen LogP contribution in [0, 0.1) is 0 Å². The zero-order chi connectivity index (χ0) is 15.7. The van der Waals surface area contributed by atoms with Gasteiger partial charge in [-0.05, 0) is 0 Å². The first kappa shape index (κ1) is 15.1. The van der Waals surface area contributed by atoms with E-state index in [9.17, 15) is 4.79 Å². The van der Waals surface area contributed by atoms with Gasteiger partial charge >= 0.3 is 5.69 Å². The van der Waals surface area contributed by atoms with Gasteiger partial charge in [-0.2, -0.15) is 4.98 Å². The van der Waals surface area contributed by atoms with Crippen LogP contribution in [0.4, 0.5) is 5.82 Å². The molecule has 0 amide bonds. The normalized spacial score (nSPS) is 17.7. The Labute approximate surface area is 132 Å². The number of nitrogens with one attached hydrogen (secondary N) is 1. The Kier molecular flexibility index (Phi) is 3.92. The minimum absolute atomic E-state index is 0.294. The molecule has 0 bridgehead atoms. The zero-order valence-corrected chi connectivity index (χ0v) is 13.3. The van der Waals surface area contributed by atoms with Crippen molar-refractivity contribution in [2.24, 2.45) is 7.05 Å². The Bertz CT molecular complexity index is 718. The van der Waals surface area contributed by atoms with Crippen LogP contribution in [0.5, 0.6) is 0 Å². The third-order valence-corrected chi connectivity index (χ3v) is 4.42. The first-order valence-electron chi connectivity index (χ1n) is 7.09. The smallest absolute Gasteiger partial charge is 0.348 e. The van der Waals surface area contributed by atoms with Crippen molar-refractivity contribution >= 4 is 17.4 Å². The maximum absolute atomic E-state index is 11.5. The molecular weight excluding hydrogens is 306 g/mol. The fraction of sp³-hybridized carbons (Fsp3) is 0.500. The number of methoxy groups -OCH3 is 1. The number of imidazole rings is 1. The highest BCUT2D eigenvalue weighted by molar-refractivity contribution is 6.29. The quantitative estimate of drug-likeness (QED) is 0.862. The molecule has 1 aliphatic heterocycles. The lowest BCUT2D eigenvalue weighted by molar-refractivity contribution is -0.0437. The molecule has 0 aliphatic carbocycles. The number of ether oxygens (including phenoxy) is 1. The highest BCUT2D eigenvalue weighted by Gasteiger charge is 2.39. The largest absolute Gasteiger partial charge is 0.370 e. The van der Waals surface area contributed by atoms with Crippen LogP contribution in [-0.2, 0) is 17.4 Å². The van der Waals surface area contributed by atoms with E-state index in [1.54, 1.807) is 19.4 Å². The molecule has 3 heterocycles. The standard InChI is InChI=1S/C14H18ClN5O2/c1-19-8-5-16-12(19)14(22-2)3-6-20(7-4-14)11-9-10(15)17-13(21)18-11/h5,8-9H,3-4,6-7H2,1-2H3,(H,17,18,21). The summed E-state index contributed by atoms with van der Waals surface area (Å²) >= 11 is 5.89. The average molecular weight is 324 g/mol. The molecule has 2 aromatic rings. The van der Waals surface area contributed by atoms with Gasteiger partial charge in [0, 0.05) is 58.5 Å². The number of aromatic amines is 1. The summed E-state index contributed by atoms with van der Waals surface area (Å²) in [6.07, 6.45) is 5.22. The lowest BCUT2D eigenvalue weighted by atomic mass is 9.90. The van der Waals surface area contributed by atoms with Crippen LogP contribution >= 0.6 is 11.6 Å². The highest BCUT2D eigenvalue weighted by atomic mass is 35.5. The predicted octanol–water partition coefficient (Wildman–Crippen LogP) is 1.30. The molecule has 7 nitrogen and oxygen atoms in total. The molecule has 8 heteroatoms. The van der Waals surface area contributed by atoms with Crippen molar-refractivity contribution < 1.29 is 4.74 Å². The van der Waals surface area contributed by atoms with E-state index in [-0.39, 0.29) is 0 Å². The summed E-state index contributed by atoms with van der Waals surface area (Å²) in [6, 6.07) is 1.67. The molecule has 1 saturated heterocycles. The van der Waals surface area contributed by atoms with E-state index in [0.29, 0.717) is 24.1 Å². The van der Waals surface area contributed by atoms with Gasteiger partial charge in [-0.3, -0.25) is 4.98 Å². The van der Waals surface area contributed by atoms with Crippen LogP contribution < -0.4 is 10.6 Å². The molecule has 118 valence electrons. The van der Waals surface area contributed by atoms with Gasteiger partial charge in [-0.15, -0.1) is 0 Å². The monoisotopic (exact) mass is 323 g/mol. The van der Waals surface area contributed by atoms with Crippen LogP contribution in [-0.4, -0.2) is 39.7 Å². The van der Waals surface area contributed by atoms with E-state index in [2.05, 4.69) is 15.0 Å². The average Bonchev–Trinajstić information content (AvgIpc) is 2.93. The SMILES string of the molecule is COC1(c2nccn2C)CCN(c2cc(Cl)[nH]c(=O)n2)CC1. The maximum atomic E-state index is 11.5. The summed E-state index contributed by atoms with van der Waals surface area (Å²) in [5, 5.41) is 0.294.